The van der Waals surface area contributed by atoms with Crippen LogP contribution in [0.15, 0.2) is 18.2 Å². The van der Waals surface area contributed by atoms with E-state index in [0.717, 1.165) is 6.07 Å². The molecule has 2 nitrogen and oxygen atoms in total. The van der Waals surface area contributed by atoms with E-state index in [4.69, 9.17) is 5.90 Å². The fourth-order valence-corrected chi connectivity index (χ4v) is 1.12. The van der Waals surface area contributed by atoms with Crippen molar-refractivity contribution in [3.05, 3.63) is 35.1 Å². The van der Waals surface area contributed by atoms with Crippen molar-refractivity contribution in [1.29, 1.82) is 0 Å². The Balaban J connectivity index is 2.89. The van der Waals surface area contributed by atoms with Gasteiger partial charge in [-0.25, -0.2) is 10.3 Å². The van der Waals surface area contributed by atoms with Gasteiger partial charge in [-0.2, -0.15) is 13.2 Å². The van der Waals surface area contributed by atoms with Gasteiger partial charge in [0.1, 0.15) is 5.82 Å². The van der Waals surface area contributed by atoms with E-state index in [2.05, 4.69) is 4.84 Å². The second kappa shape index (κ2) is 4.59. The summed E-state index contributed by atoms with van der Waals surface area (Å²) in [5.41, 5.74) is -0.856. The summed E-state index contributed by atoms with van der Waals surface area (Å²) in [6, 6.07) is 2.74. The molecule has 0 saturated heterocycles. The quantitative estimate of drug-likeness (QED) is 0.630. The Labute approximate surface area is 83.6 Å². The number of nitrogens with two attached hydrogens (primary N) is 1. The molecule has 0 aliphatic heterocycles. The Hall–Kier alpha value is -1.14. The van der Waals surface area contributed by atoms with Gasteiger partial charge in [-0.15, -0.1) is 0 Å². The van der Waals surface area contributed by atoms with Crippen LogP contribution in [0.5, 0.6) is 0 Å². The van der Waals surface area contributed by atoms with Gasteiger partial charge in [0, 0.05) is 0 Å². The van der Waals surface area contributed by atoms with Crippen LogP contribution < -0.4 is 5.90 Å². The Morgan fingerprint density at radius 3 is 2.40 bits per heavy atom. The smallest absolute Gasteiger partial charge is 0.304 e. The van der Waals surface area contributed by atoms with Crippen molar-refractivity contribution >= 4 is 0 Å². The number of benzene rings is 1. The highest BCUT2D eigenvalue weighted by Gasteiger charge is 2.33. The van der Waals surface area contributed by atoms with E-state index >= 15 is 0 Å². The number of halogens is 4. The summed E-state index contributed by atoms with van der Waals surface area (Å²) in [4.78, 5) is 4.24. The minimum Gasteiger partial charge on any atom is -0.304 e. The summed E-state index contributed by atoms with van der Waals surface area (Å²) in [6.45, 7) is 0.130. The molecule has 0 radical (unpaired) electrons. The molecule has 0 unspecified atom stereocenters. The average molecular weight is 223 g/mol. The first-order valence-electron chi connectivity index (χ1n) is 4.12. The van der Waals surface area contributed by atoms with E-state index in [9.17, 15) is 17.6 Å². The number of alkyl halides is 3. The van der Waals surface area contributed by atoms with Crippen LogP contribution in [0.25, 0.3) is 0 Å². The summed E-state index contributed by atoms with van der Waals surface area (Å²) in [5, 5.41) is 0. The van der Waals surface area contributed by atoms with Crippen molar-refractivity contribution in [3.8, 4) is 0 Å². The van der Waals surface area contributed by atoms with Crippen molar-refractivity contribution in [2.75, 3.05) is 6.61 Å². The predicted molar refractivity (Wildman–Crippen MR) is 45.2 cm³/mol. The van der Waals surface area contributed by atoms with Gasteiger partial charge in [0.15, 0.2) is 0 Å². The molecule has 6 heteroatoms. The van der Waals surface area contributed by atoms with Gasteiger partial charge in [0.2, 0.25) is 0 Å². The van der Waals surface area contributed by atoms with Gasteiger partial charge in [-0.1, -0.05) is 6.07 Å². The Morgan fingerprint density at radius 1 is 1.27 bits per heavy atom. The first kappa shape index (κ1) is 11.9. The SMILES string of the molecule is NOCCc1ccc(C(F)(F)F)c(F)c1. The van der Waals surface area contributed by atoms with Crippen LogP contribution in [-0.2, 0) is 17.4 Å². The third kappa shape index (κ3) is 3.17. The van der Waals surface area contributed by atoms with Crippen molar-refractivity contribution in [1.82, 2.24) is 0 Å². The summed E-state index contributed by atoms with van der Waals surface area (Å²) in [7, 11) is 0. The number of rotatable bonds is 3. The minimum atomic E-state index is -4.66. The van der Waals surface area contributed by atoms with E-state index in [1.165, 1.54) is 6.07 Å². The third-order valence-electron chi connectivity index (χ3n) is 1.85. The Bertz CT molecular complexity index is 337. The lowest BCUT2D eigenvalue weighted by Gasteiger charge is -2.08. The zero-order valence-corrected chi connectivity index (χ0v) is 7.64. The van der Waals surface area contributed by atoms with Gasteiger partial charge >= 0.3 is 6.18 Å². The molecule has 15 heavy (non-hydrogen) atoms. The van der Waals surface area contributed by atoms with Crippen LogP contribution in [0.3, 0.4) is 0 Å². The van der Waals surface area contributed by atoms with E-state index in [1.807, 2.05) is 0 Å². The maximum absolute atomic E-state index is 13.0. The first-order chi connectivity index (χ1) is 6.95. The molecule has 0 heterocycles. The van der Waals surface area contributed by atoms with Crippen LogP contribution in [0.1, 0.15) is 11.1 Å². The molecular weight excluding hydrogens is 214 g/mol. The fourth-order valence-electron chi connectivity index (χ4n) is 1.12. The van der Waals surface area contributed by atoms with Crippen molar-refractivity contribution < 1.29 is 22.4 Å². The monoisotopic (exact) mass is 223 g/mol. The molecule has 0 aliphatic carbocycles. The van der Waals surface area contributed by atoms with Gasteiger partial charge in [-0.05, 0) is 24.1 Å². The Kier molecular flexibility index (Phi) is 3.65. The molecule has 0 bridgehead atoms. The van der Waals surface area contributed by atoms with E-state index < -0.39 is 17.6 Å². The minimum absolute atomic E-state index is 0.130. The molecule has 1 rings (SSSR count). The van der Waals surface area contributed by atoms with Crippen molar-refractivity contribution in [2.45, 2.75) is 12.6 Å². The van der Waals surface area contributed by atoms with E-state index in [-0.39, 0.29) is 13.0 Å². The summed E-state index contributed by atoms with van der Waals surface area (Å²) in [6.07, 6.45) is -4.39. The van der Waals surface area contributed by atoms with Gasteiger partial charge in [0.25, 0.3) is 0 Å². The molecule has 0 atom stereocenters. The van der Waals surface area contributed by atoms with Gasteiger partial charge in [-0.3, -0.25) is 0 Å². The van der Waals surface area contributed by atoms with Crippen LogP contribution in [-0.4, -0.2) is 6.61 Å². The molecular formula is C9H9F4NO. The van der Waals surface area contributed by atoms with E-state index in [0.29, 0.717) is 11.6 Å². The zero-order valence-electron chi connectivity index (χ0n) is 7.64. The van der Waals surface area contributed by atoms with Crippen LogP contribution >= 0.6 is 0 Å². The van der Waals surface area contributed by atoms with Crippen LogP contribution in [0, 0.1) is 5.82 Å². The lowest BCUT2D eigenvalue weighted by Crippen LogP contribution is -2.09. The van der Waals surface area contributed by atoms with Crippen LogP contribution in [0.4, 0.5) is 17.6 Å². The molecule has 0 amide bonds. The fraction of sp³-hybridized carbons (Fsp3) is 0.333. The molecule has 0 fully saturated rings. The summed E-state index contributed by atoms with van der Waals surface area (Å²) < 4.78 is 49.4. The molecule has 1 aromatic carbocycles. The topological polar surface area (TPSA) is 35.2 Å². The molecule has 84 valence electrons. The number of hydrogen-bond donors (Lipinski definition) is 1. The highest BCUT2D eigenvalue weighted by atomic mass is 19.4. The standard InChI is InChI=1S/C9H9F4NO/c10-8-5-6(3-4-15-14)1-2-7(8)9(11,12)13/h1-2,5H,3-4,14H2. The normalized spacial score (nSPS) is 11.8. The van der Waals surface area contributed by atoms with E-state index in [1.54, 1.807) is 0 Å². The zero-order chi connectivity index (χ0) is 11.5. The van der Waals surface area contributed by atoms with Gasteiger partial charge < -0.3 is 4.84 Å². The largest absolute Gasteiger partial charge is 0.419 e. The molecule has 0 aliphatic rings. The Morgan fingerprint density at radius 2 is 1.93 bits per heavy atom. The molecule has 0 saturated carbocycles. The lowest BCUT2D eigenvalue weighted by atomic mass is 10.1. The maximum atomic E-state index is 13.0. The highest BCUT2D eigenvalue weighted by molar-refractivity contribution is 5.26. The predicted octanol–water partition coefficient (Wildman–Crippen LogP) is 2.28. The summed E-state index contributed by atoms with van der Waals surface area (Å²) in [5.74, 6) is 3.46. The second-order valence-corrected chi connectivity index (χ2v) is 2.93. The molecule has 1 aromatic rings. The average Bonchev–Trinajstić information content (AvgIpc) is 2.12. The van der Waals surface area contributed by atoms with Crippen LogP contribution in [0.2, 0.25) is 0 Å². The van der Waals surface area contributed by atoms with Crippen molar-refractivity contribution in [2.24, 2.45) is 5.90 Å². The summed E-state index contributed by atoms with van der Waals surface area (Å²) >= 11 is 0. The third-order valence-corrected chi connectivity index (χ3v) is 1.85. The second-order valence-electron chi connectivity index (χ2n) is 2.93. The molecule has 2 N–H and O–H groups in total. The maximum Gasteiger partial charge on any atom is 0.419 e. The first-order valence-corrected chi connectivity index (χ1v) is 4.12. The highest BCUT2D eigenvalue weighted by Crippen LogP contribution is 2.31. The lowest BCUT2D eigenvalue weighted by molar-refractivity contribution is -0.140. The van der Waals surface area contributed by atoms with Gasteiger partial charge in [0.05, 0.1) is 12.2 Å². The number of hydrogen-bond acceptors (Lipinski definition) is 2. The van der Waals surface area contributed by atoms with Crippen molar-refractivity contribution in [3.63, 3.8) is 0 Å². The molecule has 0 spiro atoms. The molecule has 0 aromatic heterocycles.